The van der Waals surface area contributed by atoms with Crippen molar-refractivity contribution in [2.75, 3.05) is 26.2 Å². The zero-order chi connectivity index (χ0) is 34.6. The highest BCUT2D eigenvalue weighted by atomic mass is 16.5. The zero-order valence-corrected chi connectivity index (χ0v) is 27.7. The van der Waals surface area contributed by atoms with Crippen LogP contribution >= 0.6 is 0 Å². The van der Waals surface area contributed by atoms with Gasteiger partial charge in [-0.15, -0.1) is 0 Å². The van der Waals surface area contributed by atoms with Crippen molar-refractivity contribution in [3.05, 3.63) is 141 Å². The lowest BCUT2D eigenvalue weighted by atomic mass is 9.81. The summed E-state index contributed by atoms with van der Waals surface area (Å²) in [6.07, 6.45) is 0.278. The highest BCUT2D eigenvalue weighted by Gasteiger charge is 2.43. The number of nitrogens with zero attached hydrogens (tertiary/aromatic N) is 2. The van der Waals surface area contributed by atoms with Gasteiger partial charge in [0, 0.05) is 31.1 Å². The molecule has 0 spiro atoms. The number of piperidine rings is 3. The van der Waals surface area contributed by atoms with Crippen LogP contribution < -0.4 is 15.6 Å². The van der Waals surface area contributed by atoms with Crippen LogP contribution in [0.1, 0.15) is 52.8 Å². The molecule has 0 aliphatic carbocycles. The number of fused-ring (bicyclic) bond motifs is 4. The first kappa shape index (κ1) is 33.3. The lowest BCUT2D eigenvalue weighted by Gasteiger charge is -2.50. The average Bonchev–Trinajstić information content (AvgIpc) is 3.14. The minimum absolute atomic E-state index is 0.0462. The topological polar surface area (TPSA) is 138 Å². The first-order valence-electron chi connectivity index (χ1n) is 17.2. The number of nitrogens with one attached hydrogen (secondary N) is 2. The average molecular weight is 675 g/mol. The standard InChI is InChI=1S/C40H42N4O6/c45-35-14-12-32(33-13-15-37(47)42-38(33)35)36(46)23-41-22-26-6-4-7-27(20-26)25-50-31-11-5-10-30(21-31)39(29-8-2-1-3-9-29)44(40(48)49)34-24-43-18-16-28(34)17-19-43/h1-15,20-21,28,34,36,39,41,45-46H,16-19,22-25H2,(H,42,47)(H,48,49)/t34?,36?,39-/m0/s1. The zero-order valence-electron chi connectivity index (χ0n) is 27.7. The molecule has 2 bridgehead atoms. The molecule has 50 heavy (non-hydrogen) atoms. The van der Waals surface area contributed by atoms with Crippen LogP contribution in [0.4, 0.5) is 4.79 Å². The van der Waals surface area contributed by atoms with Crippen molar-refractivity contribution in [3.8, 4) is 11.5 Å². The summed E-state index contributed by atoms with van der Waals surface area (Å²) in [5.74, 6) is 0.971. The van der Waals surface area contributed by atoms with E-state index in [2.05, 4.69) is 21.3 Å². The van der Waals surface area contributed by atoms with Gasteiger partial charge < -0.3 is 35.3 Å². The molecule has 1 amide bonds. The number of amides is 1. The summed E-state index contributed by atoms with van der Waals surface area (Å²) < 4.78 is 6.29. The van der Waals surface area contributed by atoms with Crippen molar-refractivity contribution in [3.63, 3.8) is 0 Å². The van der Waals surface area contributed by atoms with E-state index in [0.717, 1.165) is 54.7 Å². The number of aromatic hydroxyl groups is 1. The number of aliphatic hydroxyl groups excluding tert-OH is 1. The lowest BCUT2D eigenvalue weighted by Crippen LogP contribution is -2.59. The molecule has 0 radical (unpaired) electrons. The van der Waals surface area contributed by atoms with Gasteiger partial charge in [-0.05, 0) is 83.9 Å². The number of rotatable bonds is 12. The molecule has 3 aliphatic heterocycles. The fraction of sp³-hybridized carbons (Fsp3) is 0.300. The fourth-order valence-corrected chi connectivity index (χ4v) is 7.62. The van der Waals surface area contributed by atoms with E-state index in [1.54, 1.807) is 17.0 Å². The molecule has 0 saturated carbocycles. The number of aliphatic hydroxyl groups is 1. The largest absolute Gasteiger partial charge is 0.506 e. The molecule has 3 fully saturated rings. The van der Waals surface area contributed by atoms with Crippen molar-refractivity contribution in [2.24, 2.45) is 5.92 Å². The molecule has 3 atom stereocenters. The molecule has 10 heteroatoms. The van der Waals surface area contributed by atoms with Crippen LogP contribution in [0.2, 0.25) is 0 Å². The fourth-order valence-electron chi connectivity index (χ4n) is 7.62. The number of carbonyl (C=O) groups is 1. The van der Waals surface area contributed by atoms with E-state index in [-0.39, 0.29) is 23.9 Å². The minimum Gasteiger partial charge on any atom is -0.506 e. The SMILES string of the molecule is O=C(O)N(C1CN2CCC1CC2)[C@@H](c1ccccc1)c1cccc(OCc2cccc(CNCC(O)c3ccc(O)c4[nH]c(=O)ccc34)c2)c1. The second-order valence-electron chi connectivity index (χ2n) is 13.3. The molecule has 10 nitrogen and oxygen atoms in total. The van der Waals surface area contributed by atoms with Crippen molar-refractivity contribution < 1.29 is 24.9 Å². The van der Waals surface area contributed by atoms with Gasteiger partial charge in [0.2, 0.25) is 5.56 Å². The van der Waals surface area contributed by atoms with Crippen LogP contribution in [0.15, 0.2) is 108 Å². The predicted octanol–water partition coefficient (Wildman–Crippen LogP) is 5.80. The number of benzene rings is 4. The van der Waals surface area contributed by atoms with Crippen molar-refractivity contribution in [1.29, 1.82) is 0 Å². The number of carboxylic acid groups (broad SMARTS) is 1. The number of ether oxygens (including phenoxy) is 1. The van der Waals surface area contributed by atoms with Crippen LogP contribution in [0.25, 0.3) is 10.9 Å². The Morgan fingerprint density at radius 3 is 2.44 bits per heavy atom. The number of pyridine rings is 1. The molecule has 258 valence electrons. The second kappa shape index (κ2) is 14.8. The number of aromatic amines is 1. The Morgan fingerprint density at radius 2 is 1.68 bits per heavy atom. The van der Waals surface area contributed by atoms with Gasteiger partial charge in [0.25, 0.3) is 0 Å². The first-order valence-corrected chi connectivity index (χ1v) is 17.2. The maximum absolute atomic E-state index is 13.0. The maximum Gasteiger partial charge on any atom is 0.408 e. The third kappa shape index (κ3) is 7.23. The number of hydrogen-bond acceptors (Lipinski definition) is 7. The molecule has 5 N–H and O–H groups in total. The Labute approximate surface area is 290 Å². The Bertz CT molecular complexity index is 2010. The Hall–Kier alpha value is -5.16. The quantitative estimate of drug-likeness (QED) is 0.112. The van der Waals surface area contributed by atoms with E-state index < -0.39 is 18.2 Å². The molecule has 3 saturated heterocycles. The smallest absolute Gasteiger partial charge is 0.408 e. The number of aromatic nitrogens is 1. The van der Waals surface area contributed by atoms with Gasteiger partial charge >= 0.3 is 6.09 Å². The van der Waals surface area contributed by atoms with E-state index in [4.69, 9.17) is 4.74 Å². The van der Waals surface area contributed by atoms with Crippen LogP contribution in [0.3, 0.4) is 0 Å². The van der Waals surface area contributed by atoms with Crippen LogP contribution in [0, 0.1) is 5.92 Å². The van der Waals surface area contributed by atoms with Gasteiger partial charge in [-0.1, -0.05) is 72.8 Å². The summed E-state index contributed by atoms with van der Waals surface area (Å²) in [5.41, 5.74) is 4.38. The minimum atomic E-state index is -0.908. The number of phenols is 1. The first-order chi connectivity index (χ1) is 24.3. The Morgan fingerprint density at radius 1 is 0.920 bits per heavy atom. The highest BCUT2D eigenvalue weighted by Crippen LogP contribution is 2.39. The van der Waals surface area contributed by atoms with E-state index in [1.807, 2.05) is 72.8 Å². The molecule has 2 unspecified atom stereocenters. The maximum atomic E-state index is 13.0. The third-order valence-corrected chi connectivity index (χ3v) is 10.1. The summed E-state index contributed by atoms with van der Waals surface area (Å²) in [7, 11) is 0. The second-order valence-corrected chi connectivity index (χ2v) is 13.3. The Kier molecular flexibility index (Phi) is 9.84. The van der Waals surface area contributed by atoms with Gasteiger partial charge in [0.05, 0.1) is 23.7 Å². The summed E-state index contributed by atoms with van der Waals surface area (Å²) in [6, 6.07) is 31.3. The number of hydrogen-bond donors (Lipinski definition) is 5. The summed E-state index contributed by atoms with van der Waals surface area (Å²) in [6.45, 7) is 3.94. The summed E-state index contributed by atoms with van der Waals surface area (Å²) in [5, 5.41) is 35.6. The van der Waals surface area contributed by atoms with Crippen molar-refractivity contribution >= 4 is 17.0 Å². The molecular formula is C40H42N4O6. The van der Waals surface area contributed by atoms with Gasteiger partial charge in [0.1, 0.15) is 18.1 Å². The van der Waals surface area contributed by atoms with E-state index in [0.29, 0.717) is 41.3 Å². The summed E-state index contributed by atoms with van der Waals surface area (Å²) in [4.78, 5) is 31.4. The Balaban J connectivity index is 1.02. The van der Waals surface area contributed by atoms with Gasteiger partial charge in [0.15, 0.2) is 0 Å². The molecule has 1 aromatic heterocycles. The lowest BCUT2D eigenvalue weighted by molar-refractivity contribution is -0.000812. The summed E-state index contributed by atoms with van der Waals surface area (Å²) >= 11 is 0. The van der Waals surface area contributed by atoms with Crippen LogP contribution in [-0.2, 0) is 13.2 Å². The van der Waals surface area contributed by atoms with Gasteiger partial charge in [-0.2, -0.15) is 0 Å². The number of phenolic OH excluding ortho intramolecular Hbond substituents is 1. The molecule has 4 aromatic carbocycles. The molecular weight excluding hydrogens is 632 g/mol. The van der Waals surface area contributed by atoms with E-state index >= 15 is 0 Å². The number of H-pyrrole nitrogens is 1. The van der Waals surface area contributed by atoms with Crippen LogP contribution in [0.5, 0.6) is 11.5 Å². The van der Waals surface area contributed by atoms with Crippen molar-refractivity contribution in [1.82, 2.24) is 20.1 Å². The molecule has 5 aromatic rings. The molecule has 3 aliphatic rings. The van der Waals surface area contributed by atoms with Crippen LogP contribution in [-0.4, -0.2) is 68.4 Å². The monoisotopic (exact) mass is 674 g/mol. The molecule has 4 heterocycles. The molecule has 8 rings (SSSR count). The highest BCUT2D eigenvalue weighted by molar-refractivity contribution is 5.87. The van der Waals surface area contributed by atoms with Gasteiger partial charge in [-0.25, -0.2) is 4.79 Å². The normalized spacial score (nSPS) is 19.6. The predicted molar refractivity (Wildman–Crippen MR) is 191 cm³/mol. The van der Waals surface area contributed by atoms with Gasteiger partial charge in [-0.3, -0.25) is 9.69 Å². The van der Waals surface area contributed by atoms with E-state index in [1.165, 1.54) is 12.1 Å². The van der Waals surface area contributed by atoms with E-state index in [9.17, 15) is 24.9 Å². The third-order valence-electron chi connectivity index (χ3n) is 10.1. The van der Waals surface area contributed by atoms with Crippen molar-refractivity contribution in [2.45, 2.75) is 44.2 Å².